The van der Waals surface area contributed by atoms with Crippen molar-refractivity contribution in [3.05, 3.63) is 88.1 Å². The van der Waals surface area contributed by atoms with Crippen LogP contribution >= 0.6 is 23.1 Å². The Labute approximate surface area is 192 Å². The molecular weight excluding hydrogens is 442 g/mol. The van der Waals surface area contributed by atoms with Crippen LogP contribution in [0.2, 0.25) is 0 Å². The molecule has 2 heterocycles. The first kappa shape index (κ1) is 20.3. The van der Waals surface area contributed by atoms with E-state index in [2.05, 4.69) is 0 Å². The van der Waals surface area contributed by atoms with Gasteiger partial charge >= 0.3 is 0 Å². The molecule has 0 unspecified atom stereocenters. The number of anilines is 1. The first-order chi connectivity index (χ1) is 15.6. The molecule has 158 valence electrons. The maximum Gasteiger partial charge on any atom is 0.271 e. The van der Waals surface area contributed by atoms with Crippen LogP contribution < -0.4 is 14.5 Å². The first-order valence-electron chi connectivity index (χ1n) is 9.71. The van der Waals surface area contributed by atoms with Crippen molar-refractivity contribution in [3.8, 4) is 5.75 Å². The Morgan fingerprint density at radius 2 is 1.78 bits per heavy atom. The lowest BCUT2D eigenvalue weighted by Gasteiger charge is -2.15. The average Bonchev–Trinajstić information content (AvgIpc) is 3.33. The van der Waals surface area contributed by atoms with Crippen molar-refractivity contribution in [3.63, 3.8) is 0 Å². The summed E-state index contributed by atoms with van der Waals surface area (Å²) >= 11 is 2.54. The van der Waals surface area contributed by atoms with Gasteiger partial charge in [-0.2, -0.15) is 0 Å². The second-order valence-corrected chi connectivity index (χ2v) is 8.88. The van der Waals surface area contributed by atoms with E-state index >= 15 is 0 Å². The Morgan fingerprint density at radius 1 is 1.06 bits per heavy atom. The Balaban J connectivity index is 1.60. The number of aliphatic imine (C=N–C) groups is 1. The van der Waals surface area contributed by atoms with Crippen molar-refractivity contribution in [2.45, 2.75) is 0 Å². The molecule has 0 spiro atoms. The van der Waals surface area contributed by atoms with Crippen molar-refractivity contribution >= 4 is 61.9 Å². The number of carbonyl (C=O) groups is 1. The zero-order chi connectivity index (χ0) is 22.1. The minimum Gasteiger partial charge on any atom is -0.493 e. The molecule has 0 atom stereocenters. The van der Waals surface area contributed by atoms with Crippen LogP contribution in [0.25, 0.3) is 16.4 Å². The van der Waals surface area contributed by atoms with Crippen molar-refractivity contribution in [1.29, 1.82) is 5.41 Å². The van der Waals surface area contributed by atoms with E-state index < -0.39 is 0 Å². The number of benzene rings is 3. The molecule has 0 aliphatic carbocycles. The van der Waals surface area contributed by atoms with Crippen LogP contribution in [0.5, 0.6) is 5.75 Å². The van der Waals surface area contributed by atoms with Gasteiger partial charge < -0.3 is 9.15 Å². The summed E-state index contributed by atoms with van der Waals surface area (Å²) in [6.07, 6.45) is 1.82. The van der Waals surface area contributed by atoms with Crippen LogP contribution in [0.3, 0.4) is 0 Å². The molecule has 1 N–H and O–H groups in total. The van der Waals surface area contributed by atoms with Crippen LogP contribution in [-0.2, 0) is 4.79 Å². The number of hydrogen-bond donors (Lipinski definition) is 1. The molecule has 0 saturated carbocycles. The molecule has 1 aliphatic heterocycles. The summed E-state index contributed by atoms with van der Waals surface area (Å²) in [7, 11) is 1.56. The zero-order valence-electron chi connectivity index (χ0n) is 16.9. The van der Waals surface area contributed by atoms with E-state index in [0.29, 0.717) is 21.4 Å². The van der Waals surface area contributed by atoms with E-state index in [0.717, 1.165) is 21.6 Å². The molecule has 1 amide bonds. The molecule has 1 aromatic heterocycles. The van der Waals surface area contributed by atoms with Crippen molar-refractivity contribution in [2.75, 3.05) is 12.0 Å². The van der Waals surface area contributed by atoms with Gasteiger partial charge in [-0.15, -0.1) is 0 Å². The third-order valence-electron chi connectivity index (χ3n) is 4.76. The Hall–Kier alpha value is -3.62. The first-order valence-corrected chi connectivity index (χ1v) is 11.3. The number of carbonyl (C=O) groups excluding carboxylic acids is 1. The number of ether oxygens (including phenoxy) is 1. The van der Waals surface area contributed by atoms with Gasteiger partial charge in [-0.25, -0.2) is 4.99 Å². The third-order valence-corrected chi connectivity index (χ3v) is 6.52. The molecule has 5 rings (SSSR count). The summed E-state index contributed by atoms with van der Waals surface area (Å²) in [5.74, 6) is 0.379. The summed E-state index contributed by atoms with van der Waals surface area (Å²) in [6.45, 7) is 0. The highest BCUT2D eigenvalue weighted by atomic mass is 32.2. The summed E-state index contributed by atoms with van der Waals surface area (Å²) in [5, 5.41) is 8.37. The number of rotatable bonds is 4. The SMILES string of the molecule is COc1cc(C=C2SC(=Nc3ccccc3)N(c3ccccc3)C2=O)cc2sc(=N)oc12. The van der Waals surface area contributed by atoms with Crippen LogP contribution in [0.15, 0.2) is 87.1 Å². The molecule has 6 nitrogen and oxygen atoms in total. The minimum absolute atomic E-state index is 0.0990. The van der Waals surface area contributed by atoms with Gasteiger partial charge in [0.25, 0.3) is 10.8 Å². The number of amides is 1. The number of thioether (sulfide) groups is 1. The molecule has 0 radical (unpaired) electrons. The molecule has 0 bridgehead atoms. The van der Waals surface area contributed by atoms with Crippen molar-refractivity contribution in [2.24, 2.45) is 4.99 Å². The highest BCUT2D eigenvalue weighted by Gasteiger charge is 2.34. The lowest BCUT2D eigenvalue weighted by atomic mass is 10.2. The van der Waals surface area contributed by atoms with Gasteiger partial charge in [0, 0.05) is 0 Å². The predicted octanol–water partition coefficient (Wildman–Crippen LogP) is 5.79. The maximum absolute atomic E-state index is 13.4. The Morgan fingerprint density at radius 3 is 2.50 bits per heavy atom. The number of para-hydroxylation sites is 2. The summed E-state index contributed by atoms with van der Waals surface area (Å²) in [4.78, 5) is 20.4. The molecule has 32 heavy (non-hydrogen) atoms. The fourth-order valence-electron chi connectivity index (χ4n) is 3.34. The van der Waals surface area contributed by atoms with E-state index in [9.17, 15) is 4.79 Å². The molecule has 1 fully saturated rings. The standard InChI is InChI=1S/C24H17N3O3S2/c1-29-18-12-15(13-19-21(18)30-23(25)31-19)14-20-22(28)27(17-10-6-3-7-11-17)24(32-20)26-16-8-4-2-5-9-16/h2-14,25H,1H3. The van der Waals surface area contributed by atoms with Gasteiger partial charge in [-0.3, -0.25) is 15.1 Å². The summed E-state index contributed by atoms with van der Waals surface area (Å²) in [5.41, 5.74) is 2.85. The molecule has 4 aromatic rings. The second kappa shape index (κ2) is 8.49. The normalized spacial score (nSPS) is 16.4. The Kier molecular flexibility index (Phi) is 5.38. The second-order valence-electron chi connectivity index (χ2n) is 6.86. The topological polar surface area (TPSA) is 78.9 Å². The van der Waals surface area contributed by atoms with E-state index in [4.69, 9.17) is 19.6 Å². The number of nitrogens with zero attached hydrogens (tertiary/aromatic N) is 2. The van der Waals surface area contributed by atoms with E-state index in [1.165, 1.54) is 23.1 Å². The Bertz CT molecular complexity index is 1420. The lowest BCUT2D eigenvalue weighted by molar-refractivity contribution is -0.113. The number of methoxy groups -OCH3 is 1. The third kappa shape index (κ3) is 3.86. The maximum atomic E-state index is 13.4. The van der Waals surface area contributed by atoms with E-state index in [1.54, 1.807) is 18.1 Å². The molecule has 8 heteroatoms. The quantitative estimate of drug-likeness (QED) is 0.392. The highest BCUT2D eigenvalue weighted by Crippen LogP contribution is 2.38. The van der Waals surface area contributed by atoms with Gasteiger partial charge in [-0.05, 0) is 59.8 Å². The van der Waals surface area contributed by atoms with E-state index in [1.807, 2.05) is 72.8 Å². The monoisotopic (exact) mass is 459 g/mol. The molecule has 1 aliphatic rings. The van der Waals surface area contributed by atoms with Crippen LogP contribution in [0.1, 0.15) is 5.56 Å². The molecular formula is C24H17N3O3S2. The van der Waals surface area contributed by atoms with Gasteiger partial charge in [0.1, 0.15) is 0 Å². The average molecular weight is 460 g/mol. The number of hydrogen-bond acceptors (Lipinski definition) is 7. The number of amidine groups is 1. The van der Waals surface area contributed by atoms with Crippen LogP contribution in [0, 0.1) is 5.41 Å². The largest absolute Gasteiger partial charge is 0.493 e. The van der Waals surface area contributed by atoms with Gasteiger partial charge in [0.2, 0.25) is 0 Å². The summed E-state index contributed by atoms with van der Waals surface area (Å²) in [6, 6.07) is 22.7. The predicted molar refractivity (Wildman–Crippen MR) is 130 cm³/mol. The zero-order valence-corrected chi connectivity index (χ0v) is 18.6. The number of fused-ring (bicyclic) bond motifs is 1. The van der Waals surface area contributed by atoms with E-state index in [-0.39, 0.29) is 10.8 Å². The fourth-order valence-corrected chi connectivity index (χ4v) is 5.10. The van der Waals surface area contributed by atoms with Crippen LogP contribution in [-0.4, -0.2) is 18.2 Å². The van der Waals surface area contributed by atoms with Crippen LogP contribution in [0.4, 0.5) is 11.4 Å². The van der Waals surface area contributed by atoms with Crippen molar-refractivity contribution < 1.29 is 13.9 Å². The number of nitrogens with one attached hydrogen (secondary N) is 1. The smallest absolute Gasteiger partial charge is 0.271 e. The fraction of sp³-hybridized carbons (Fsp3) is 0.0417. The highest BCUT2D eigenvalue weighted by molar-refractivity contribution is 8.19. The lowest BCUT2D eigenvalue weighted by Crippen LogP contribution is -2.28. The molecule has 3 aromatic carbocycles. The van der Waals surface area contributed by atoms with Crippen molar-refractivity contribution in [1.82, 2.24) is 0 Å². The van der Waals surface area contributed by atoms with Gasteiger partial charge in [-0.1, -0.05) is 47.7 Å². The summed E-state index contributed by atoms with van der Waals surface area (Å²) < 4.78 is 11.7. The van der Waals surface area contributed by atoms with Gasteiger partial charge in [0.05, 0.1) is 28.1 Å². The molecule has 1 saturated heterocycles. The minimum atomic E-state index is -0.146. The van der Waals surface area contributed by atoms with Gasteiger partial charge in [0.15, 0.2) is 16.5 Å².